The molecule has 0 aromatic carbocycles. The third-order valence-corrected chi connectivity index (χ3v) is 4.47. The Balaban J connectivity index is 2.02. The second kappa shape index (κ2) is 4.04. The minimum Gasteiger partial charge on any atom is -0.213 e. The van der Waals surface area contributed by atoms with E-state index in [1.54, 1.807) is 0 Å². The van der Waals surface area contributed by atoms with Crippen molar-refractivity contribution < 1.29 is 0 Å². The fraction of sp³-hybridized carbons (Fsp3) is 0.800. The summed E-state index contributed by atoms with van der Waals surface area (Å²) in [4.78, 5) is 4.48. The van der Waals surface area contributed by atoms with Crippen LogP contribution in [0.2, 0.25) is 0 Å². The highest BCUT2D eigenvalue weighted by atomic mass is 127. The molecule has 0 spiro atoms. The SMILES string of the molecule is CC1(C)CCC(c2nsc(I)n2)CC1. The summed E-state index contributed by atoms with van der Waals surface area (Å²) in [5.74, 6) is 1.72. The van der Waals surface area contributed by atoms with Gasteiger partial charge in [-0.15, -0.1) is 0 Å². The van der Waals surface area contributed by atoms with Crippen molar-refractivity contribution in [1.29, 1.82) is 0 Å². The highest BCUT2D eigenvalue weighted by Gasteiger charge is 2.29. The van der Waals surface area contributed by atoms with Crippen LogP contribution < -0.4 is 0 Å². The molecule has 78 valence electrons. The van der Waals surface area contributed by atoms with Gasteiger partial charge in [0.15, 0.2) is 3.01 Å². The van der Waals surface area contributed by atoms with E-state index < -0.39 is 0 Å². The fourth-order valence-electron chi connectivity index (χ4n) is 2.04. The van der Waals surface area contributed by atoms with E-state index in [0.29, 0.717) is 11.3 Å². The van der Waals surface area contributed by atoms with Gasteiger partial charge in [0.25, 0.3) is 0 Å². The Morgan fingerprint density at radius 3 is 2.50 bits per heavy atom. The average Bonchev–Trinajstić information content (AvgIpc) is 2.52. The number of aromatic nitrogens is 2. The topological polar surface area (TPSA) is 25.8 Å². The normalized spacial score (nSPS) is 22.5. The summed E-state index contributed by atoms with van der Waals surface area (Å²) in [5.41, 5.74) is 0.541. The lowest BCUT2D eigenvalue weighted by Crippen LogP contribution is -2.20. The van der Waals surface area contributed by atoms with E-state index in [1.165, 1.54) is 37.2 Å². The number of halogens is 1. The van der Waals surface area contributed by atoms with Crippen molar-refractivity contribution in [2.45, 2.75) is 45.4 Å². The Labute approximate surface area is 103 Å². The smallest absolute Gasteiger partial charge is 0.173 e. The number of hydrogen-bond acceptors (Lipinski definition) is 3. The second-order valence-corrected chi connectivity index (χ2v) is 7.35. The highest BCUT2D eigenvalue weighted by molar-refractivity contribution is 14.1. The van der Waals surface area contributed by atoms with Gasteiger partial charge in [-0.2, -0.15) is 4.37 Å². The molecule has 14 heavy (non-hydrogen) atoms. The van der Waals surface area contributed by atoms with Crippen molar-refractivity contribution in [3.05, 3.63) is 8.84 Å². The summed E-state index contributed by atoms with van der Waals surface area (Å²) in [5, 5.41) is 0. The first-order valence-corrected chi connectivity index (χ1v) is 6.91. The minimum atomic E-state index is 0.541. The molecule has 0 saturated heterocycles. The summed E-state index contributed by atoms with van der Waals surface area (Å²) in [6.45, 7) is 4.73. The van der Waals surface area contributed by atoms with E-state index in [2.05, 4.69) is 45.8 Å². The molecule has 0 bridgehead atoms. The molecule has 0 radical (unpaired) electrons. The lowest BCUT2D eigenvalue weighted by Gasteiger charge is -2.33. The first-order valence-electron chi connectivity index (χ1n) is 5.06. The summed E-state index contributed by atoms with van der Waals surface area (Å²) in [6.07, 6.45) is 5.15. The first-order chi connectivity index (χ1) is 6.57. The van der Waals surface area contributed by atoms with E-state index in [4.69, 9.17) is 0 Å². The molecule has 1 aliphatic carbocycles. The van der Waals surface area contributed by atoms with Crippen molar-refractivity contribution in [3.8, 4) is 0 Å². The molecule has 1 saturated carbocycles. The lowest BCUT2D eigenvalue weighted by molar-refractivity contribution is 0.221. The summed E-state index contributed by atoms with van der Waals surface area (Å²) >= 11 is 3.77. The van der Waals surface area contributed by atoms with Crippen LogP contribution in [0.15, 0.2) is 0 Å². The monoisotopic (exact) mass is 322 g/mol. The van der Waals surface area contributed by atoms with Gasteiger partial charge < -0.3 is 0 Å². The molecule has 1 fully saturated rings. The molecule has 1 aromatic rings. The van der Waals surface area contributed by atoms with Gasteiger partial charge in [0, 0.05) is 5.92 Å². The van der Waals surface area contributed by atoms with Crippen LogP contribution in [0.5, 0.6) is 0 Å². The zero-order valence-electron chi connectivity index (χ0n) is 8.59. The highest BCUT2D eigenvalue weighted by Crippen LogP contribution is 2.41. The van der Waals surface area contributed by atoms with Crippen LogP contribution in [0, 0.1) is 8.43 Å². The summed E-state index contributed by atoms with van der Waals surface area (Å²) < 4.78 is 5.48. The standard InChI is InChI=1S/C10H15IN2S/c1-10(2)5-3-7(4-6-10)8-12-9(11)14-13-8/h7H,3-6H2,1-2H3. The maximum atomic E-state index is 4.48. The molecule has 4 heteroatoms. The Morgan fingerprint density at radius 1 is 1.36 bits per heavy atom. The Bertz CT molecular complexity index is 312. The molecule has 1 aromatic heterocycles. The summed E-state index contributed by atoms with van der Waals surface area (Å²) in [7, 11) is 0. The van der Waals surface area contributed by atoms with Crippen LogP contribution in [-0.4, -0.2) is 9.36 Å². The molecule has 2 nitrogen and oxygen atoms in total. The molecule has 2 rings (SSSR count). The maximum Gasteiger partial charge on any atom is 0.173 e. The summed E-state index contributed by atoms with van der Waals surface area (Å²) in [6, 6.07) is 0. The fourth-order valence-corrected chi connectivity index (χ4v) is 3.07. The zero-order valence-corrected chi connectivity index (χ0v) is 11.6. The quantitative estimate of drug-likeness (QED) is 0.735. The maximum absolute atomic E-state index is 4.48. The van der Waals surface area contributed by atoms with E-state index in [1.807, 2.05) is 0 Å². The van der Waals surface area contributed by atoms with Crippen LogP contribution >= 0.6 is 34.1 Å². The molecular weight excluding hydrogens is 307 g/mol. The Hall–Kier alpha value is 0.290. The molecular formula is C10H15IN2S. The van der Waals surface area contributed by atoms with Gasteiger partial charge in [-0.25, -0.2) is 4.98 Å². The van der Waals surface area contributed by atoms with E-state index in [-0.39, 0.29) is 0 Å². The third kappa shape index (κ3) is 2.45. The van der Waals surface area contributed by atoms with Crippen molar-refractivity contribution in [3.63, 3.8) is 0 Å². The molecule has 0 amide bonds. The number of rotatable bonds is 1. The lowest BCUT2D eigenvalue weighted by atomic mass is 9.73. The third-order valence-electron chi connectivity index (χ3n) is 3.12. The largest absolute Gasteiger partial charge is 0.213 e. The van der Waals surface area contributed by atoms with Gasteiger partial charge in [0.2, 0.25) is 0 Å². The second-order valence-electron chi connectivity index (χ2n) is 4.84. The van der Waals surface area contributed by atoms with E-state index in [9.17, 15) is 0 Å². The molecule has 0 unspecified atom stereocenters. The van der Waals surface area contributed by atoms with Gasteiger partial charge in [-0.3, -0.25) is 0 Å². The molecule has 0 aliphatic heterocycles. The van der Waals surface area contributed by atoms with E-state index in [0.717, 1.165) is 8.84 Å². The first kappa shape index (κ1) is 10.8. The van der Waals surface area contributed by atoms with Crippen molar-refractivity contribution in [2.75, 3.05) is 0 Å². The van der Waals surface area contributed by atoms with Crippen LogP contribution in [0.1, 0.15) is 51.3 Å². The van der Waals surface area contributed by atoms with Crippen molar-refractivity contribution >= 4 is 34.1 Å². The van der Waals surface area contributed by atoms with Crippen molar-refractivity contribution in [1.82, 2.24) is 9.36 Å². The van der Waals surface area contributed by atoms with Crippen LogP contribution in [-0.2, 0) is 0 Å². The average molecular weight is 322 g/mol. The predicted octanol–water partition coefficient (Wildman–Crippen LogP) is 3.83. The van der Waals surface area contributed by atoms with Gasteiger partial charge in [0.1, 0.15) is 5.82 Å². The number of hydrogen-bond donors (Lipinski definition) is 0. The van der Waals surface area contributed by atoms with Crippen LogP contribution in [0.4, 0.5) is 0 Å². The number of nitrogens with zero attached hydrogens (tertiary/aromatic N) is 2. The van der Waals surface area contributed by atoms with Gasteiger partial charge >= 0.3 is 0 Å². The van der Waals surface area contributed by atoms with Crippen LogP contribution in [0.25, 0.3) is 0 Å². The van der Waals surface area contributed by atoms with Crippen molar-refractivity contribution in [2.24, 2.45) is 5.41 Å². The van der Waals surface area contributed by atoms with Gasteiger partial charge in [0.05, 0.1) is 0 Å². The molecule has 1 aliphatic rings. The predicted molar refractivity (Wildman–Crippen MR) is 67.6 cm³/mol. The molecule has 0 atom stereocenters. The van der Waals surface area contributed by atoms with Gasteiger partial charge in [-0.1, -0.05) is 13.8 Å². The van der Waals surface area contributed by atoms with Gasteiger partial charge in [-0.05, 0) is 65.2 Å². The Kier molecular flexibility index (Phi) is 3.12. The Morgan fingerprint density at radius 2 is 2.00 bits per heavy atom. The van der Waals surface area contributed by atoms with E-state index >= 15 is 0 Å². The minimum absolute atomic E-state index is 0.541. The van der Waals surface area contributed by atoms with Crippen LogP contribution in [0.3, 0.4) is 0 Å². The zero-order chi connectivity index (χ0) is 10.2. The molecule has 0 N–H and O–H groups in total. The molecule has 1 heterocycles.